The zero-order valence-electron chi connectivity index (χ0n) is 23.0. The first-order valence-corrected chi connectivity index (χ1v) is 14.0. The standard InChI is InChI=1S/C32H35Cl2NO3/c1-18-7-9-19(10-8-18)17-38-30-21(33)11-20(12-22(30)34)27-28-23(13-31(2,3)15-25(28)36)35(6)24-14-32(4,5)16-26(37)29(24)27/h7-12,27H,13-17H2,1-6H3. The van der Waals surface area contributed by atoms with Crippen molar-refractivity contribution in [3.8, 4) is 5.75 Å². The summed E-state index contributed by atoms with van der Waals surface area (Å²) in [5.74, 6) is 0.0965. The van der Waals surface area contributed by atoms with E-state index in [4.69, 9.17) is 27.9 Å². The third-order valence-corrected chi connectivity index (χ3v) is 8.60. The predicted octanol–water partition coefficient (Wildman–Crippen LogP) is 8.20. The first-order chi connectivity index (χ1) is 17.8. The number of aryl methyl sites for hydroxylation is 1. The normalized spacial score (nSPS) is 21.0. The second-order valence-corrected chi connectivity index (χ2v) is 13.5. The van der Waals surface area contributed by atoms with E-state index in [2.05, 4.69) is 32.6 Å². The van der Waals surface area contributed by atoms with Gasteiger partial charge in [-0.3, -0.25) is 9.59 Å². The van der Waals surface area contributed by atoms with Gasteiger partial charge in [0.05, 0.1) is 10.0 Å². The lowest BCUT2D eigenvalue weighted by Crippen LogP contribution is -2.43. The second-order valence-electron chi connectivity index (χ2n) is 12.7. The molecule has 1 heterocycles. The maximum Gasteiger partial charge on any atom is 0.162 e. The average molecular weight is 553 g/mol. The molecular formula is C32H35Cl2NO3. The molecule has 0 radical (unpaired) electrons. The second kappa shape index (κ2) is 9.57. The summed E-state index contributed by atoms with van der Waals surface area (Å²) in [6.45, 7) is 10.9. The highest BCUT2D eigenvalue weighted by atomic mass is 35.5. The van der Waals surface area contributed by atoms with E-state index < -0.39 is 5.92 Å². The van der Waals surface area contributed by atoms with E-state index in [0.29, 0.717) is 46.4 Å². The summed E-state index contributed by atoms with van der Waals surface area (Å²) in [5, 5.41) is 0.741. The molecule has 2 aromatic carbocycles. The van der Waals surface area contributed by atoms with Crippen LogP contribution in [0.2, 0.25) is 10.0 Å². The van der Waals surface area contributed by atoms with Crippen LogP contribution in [0.1, 0.15) is 76.0 Å². The van der Waals surface area contributed by atoms with Crippen molar-refractivity contribution in [2.75, 3.05) is 7.05 Å². The molecule has 0 saturated heterocycles. The third kappa shape index (κ3) is 4.94. The van der Waals surface area contributed by atoms with Crippen molar-refractivity contribution in [3.05, 3.63) is 85.7 Å². The van der Waals surface area contributed by atoms with E-state index in [1.54, 1.807) is 0 Å². The van der Waals surface area contributed by atoms with Gasteiger partial charge >= 0.3 is 0 Å². The molecule has 38 heavy (non-hydrogen) atoms. The summed E-state index contributed by atoms with van der Waals surface area (Å²) in [6, 6.07) is 11.7. The van der Waals surface area contributed by atoms with Gasteiger partial charge in [0.2, 0.25) is 0 Å². The highest BCUT2D eigenvalue weighted by molar-refractivity contribution is 6.37. The van der Waals surface area contributed by atoms with Crippen molar-refractivity contribution in [1.82, 2.24) is 4.90 Å². The number of ketones is 2. The third-order valence-electron chi connectivity index (χ3n) is 8.04. The summed E-state index contributed by atoms with van der Waals surface area (Å²) < 4.78 is 6.03. The molecule has 0 aromatic heterocycles. The van der Waals surface area contributed by atoms with Gasteiger partial charge in [-0.25, -0.2) is 0 Å². The molecule has 4 nitrogen and oxygen atoms in total. The zero-order chi connectivity index (χ0) is 27.6. The maximum absolute atomic E-state index is 13.7. The van der Waals surface area contributed by atoms with Crippen LogP contribution in [-0.4, -0.2) is 23.5 Å². The highest BCUT2D eigenvalue weighted by Gasteiger charge is 2.48. The summed E-state index contributed by atoms with van der Waals surface area (Å²) in [6.07, 6.45) is 2.42. The summed E-state index contributed by atoms with van der Waals surface area (Å²) in [7, 11) is 2.01. The van der Waals surface area contributed by atoms with Crippen LogP contribution in [0, 0.1) is 17.8 Å². The summed E-state index contributed by atoms with van der Waals surface area (Å²) >= 11 is 13.5. The molecule has 0 spiro atoms. The van der Waals surface area contributed by atoms with Crippen molar-refractivity contribution >= 4 is 34.8 Å². The Labute approximate surface area is 235 Å². The van der Waals surface area contributed by atoms with Gasteiger partial charge in [0.15, 0.2) is 17.3 Å². The monoisotopic (exact) mass is 551 g/mol. The van der Waals surface area contributed by atoms with Gasteiger partial charge in [-0.15, -0.1) is 0 Å². The Morgan fingerprint density at radius 1 is 0.842 bits per heavy atom. The molecule has 0 saturated carbocycles. The largest absolute Gasteiger partial charge is 0.486 e. The van der Waals surface area contributed by atoms with Gasteiger partial charge in [0.25, 0.3) is 0 Å². The van der Waals surface area contributed by atoms with E-state index in [0.717, 1.165) is 35.4 Å². The van der Waals surface area contributed by atoms with Crippen LogP contribution in [0.3, 0.4) is 0 Å². The van der Waals surface area contributed by atoms with Crippen LogP contribution >= 0.6 is 23.2 Å². The van der Waals surface area contributed by atoms with Gasteiger partial charge < -0.3 is 9.64 Å². The zero-order valence-corrected chi connectivity index (χ0v) is 24.5. The van der Waals surface area contributed by atoms with Gasteiger partial charge in [0, 0.05) is 48.3 Å². The fourth-order valence-corrected chi connectivity index (χ4v) is 6.83. The minimum Gasteiger partial charge on any atom is -0.486 e. The molecule has 0 N–H and O–H groups in total. The number of ether oxygens (including phenoxy) is 1. The highest BCUT2D eigenvalue weighted by Crippen LogP contribution is 2.54. The SMILES string of the molecule is Cc1ccc(COc2c(Cl)cc(C3C4=C(CC(C)(C)CC4=O)N(C)C4=C3C(=O)CC(C)(C)C4)cc2Cl)cc1. The number of carbonyl (C=O) groups excluding carboxylic acids is 2. The first kappa shape index (κ1) is 27.0. The van der Waals surface area contributed by atoms with Gasteiger partial charge in [-0.05, 0) is 53.9 Å². The minimum absolute atomic E-state index is 0.0872. The molecule has 0 atom stereocenters. The van der Waals surface area contributed by atoms with Crippen LogP contribution < -0.4 is 4.74 Å². The van der Waals surface area contributed by atoms with E-state index in [9.17, 15) is 9.59 Å². The number of hydrogen-bond donors (Lipinski definition) is 0. The molecule has 1 aliphatic heterocycles. The lowest BCUT2D eigenvalue weighted by atomic mass is 9.64. The van der Waals surface area contributed by atoms with Crippen LogP contribution in [0.25, 0.3) is 0 Å². The minimum atomic E-state index is -0.482. The molecule has 0 bridgehead atoms. The van der Waals surface area contributed by atoms with Crippen molar-refractivity contribution in [2.24, 2.45) is 10.8 Å². The van der Waals surface area contributed by atoms with Crippen molar-refractivity contribution in [2.45, 2.75) is 72.8 Å². The number of rotatable bonds is 4. The molecular weight excluding hydrogens is 517 g/mol. The molecule has 2 aliphatic carbocycles. The first-order valence-electron chi connectivity index (χ1n) is 13.2. The van der Waals surface area contributed by atoms with Crippen LogP contribution in [0.15, 0.2) is 58.9 Å². The molecule has 0 unspecified atom stereocenters. The molecule has 5 rings (SSSR count). The lowest BCUT2D eigenvalue weighted by Gasteiger charge is -2.48. The Balaban J connectivity index is 1.59. The molecule has 3 aliphatic rings. The Morgan fingerprint density at radius 3 is 1.79 bits per heavy atom. The fourth-order valence-electron chi connectivity index (χ4n) is 6.22. The van der Waals surface area contributed by atoms with Crippen LogP contribution in [0.4, 0.5) is 0 Å². The van der Waals surface area contributed by atoms with Gasteiger partial charge in [-0.2, -0.15) is 0 Å². The van der Waals surface area contributed by atoms with E-state index in [1.807, 2.05) is 50.4 Å². The number of hydrogen-bond acceptors (Lipinski definition) is 4. The number of benzene rings is 2. The number of nitrogens with zero attached hydrogens (tertiary/aromatic N) is 1. The van der Waals surface area contributed by atoms with Gasteiger partial charge in [-0.1, -0.05) is 80.7 Å². The Hall–Kier alpha value is -2.56. The molecule has 200 valence electrons. The topological polar surface area (TPSA) is 46.6 Å². The van der Waals surface area contributed by atoms with E-state index in [1.165, 1.54) is 5.56 Å². The average Bonchev–Trinajstić information content (AvgIpc) is 2.79. The number of Topliss-reactive ketones (excluding diaryl/α,β-unsaturated/α-hetero) is 2. The smallest absolute Gasteiger partial charge is 0.162 e. The Morgan fingerprint density at radius 2 is 1.32 bits per heavy atom. The van der Waals surface area contributed by atoms with Crippen molar-refractivity contribution in [3.63, 3.8) is 0 Å². The Bertz CT molecular complexity index is 1320. The van der Waals surface area contributed by atoms with Crippen LogP contribution in [-0.2, 0) is 16.2 Å². The molecule has 2 aromatic rings. The summed E-state index contributed by atoms with van der Waals surface area (Å²) in [5.41, 5.74) is 6.08. The Kier molecular flexibility index (Phi) is 6.81. The number of allylic oxidation sites excluding steroid dienone is 4. The molecule has 0 amide bonds. The predicted molar refractivity (Wildman–Crippen MR) is 153 cm³/mol. The van der Waals surface area contributed by atoms with E-state index in [-0.39, 0.29) is 22.4 Å². The quantitative estimate of drug-likeness (QED) is 0.384. The molecule has 6 heteroatoms. The number of halogens is 2. The fraction of sp³-hybridized carbons (Fsp3) is 0.438. The summed E-state index contributed by atoms with van der Waals surface area (Å²) in [4.78, 5) is 29.5. The van der Waals surface area contributed by atoms with Gasteiger partial charge in [0.1, 0.15) is 6.61 Å². The van der Waals surface area contributed by atoms with Crippen molar-refractivity contribution < 1.29 is 14.3 Å². The maximum atomic E-state index is 13.7. The van der Waals surface area contributed by atoms with Crippen LogP contribution in [0.5, 0.6) is 5.75 Å². The van der Waals surface area contributed by atoms with Crippen molar-refractivity contribution in [1.29, 1.82) is 0 Å². The van der Waals surface area contributed by atoms with E-state index >= 15 is 0 Å². The number of carbonyl (C=O) groups is 2. The lowest BCUT2D eigenvalue weighted by molar-refractivity contribution is -0.119. The molecule has 0 fully saturated rings.